The molecule has 0 fully saturated rings. The Balaban J connectivity index is 1.79. The Morgan fingerprint density at radius 2 is 2.29 bits per heavy atom. The van der Waals surface area contributed by atoms with Gasteiger partial charge in [0.05, 0.1) is 11.9 Å². The van der Waals surface area contributed by atoms with E-state index in [2.05, 4.69) is 21.6 Å². The number of hydrogen-bond donors (Lipinski definition) is 2. The molecule has 2 aromatic rings. The fraction of sp³-hybridized carbons (Fsp3) is 0.375. The van der Waals surface area contributed by atoms with Crippen molar-refractivity contribution in [1.29, 1.82) is 0 Å². The van der Waals surface area contributed by atoms with Gasteiger partial charge in [0.2, 0.25) is 5.91 Å². The molecule has 1 aromatic heterocycles. The van der Waals surface area contributed by atoms with E-state index in [9.17, 15) is 4.79 Å². The van der Waals surface area contributed by atoms with Crippen molar-refractivity contribution < 1.29 is 4.79 Å². The van der Waals surface area contributed by atoms with Gasteiger partial charge in [0.15, 0.2) is 0 Å². The fourth-order valence-electron chi connectivity index (χ4n) is 2.88. The van der Waals surface area contributed by atoms with Crippen molar-refractivity contribution in [1.82, 2.24) is 15.5 Å². The normalized spacial score (nSPS) is 17.6. The number of anilines is 1. The molecule has 0 aliphatic carbocycles. The molecule has 5 nitrogen and oxygen atoms in total. The highest BCUT2D eigenvalue weighted by atomic mass is 16.2. The van der Waals surface area contributed by atoms with E-state index in [0.29, 0.717) is 0 Å². The van der Waals surface area contributed by atoms with Gasteiger partial charge in [-0.1, -0.05) is 18.2 Å². The Kier molecular flexibility index (Phi) is 3.75. The van der Waals surface area contributed by atoms with Crippen LogP contribution in [0.2, 0.25) is 0 Å². The number of H-pyrrole nitrogens is 1. The summed E-state index contributed by atoms with van der Waals surface area (Å²) in [7, 11) is 0. The predicted molar refractivity (Wildman–Crippen MR) is 82.0 cm³/mol. The number of amides is 1. The van der Waals surface area contributed by atoms with Crippen LogP contribution in [0.4, 0.5) is 5.69 Å². The number of nitrogens with one attached hydrogen (secondary N) is 2. The van der Waals surface area contributed by atoms with Crippen LogP contribution in [-0.4, -0.2) is 22.6 Å². The number of rotatable bonds is 3. The molecule has 1 unspecified atom stereocenters. The van der Waals surface area contributed by atoms with Crippen LogP contribution in [0.15, 0.2) is 30.5 Å². The van der Waals surface area contributed by atoms with Gasteiger partial charge in [-0.3, -0.25) is 9.89 Å². The molecule has 1 aliphatic rings. The van der Waals surface area contributed by atoms with Crippen LogP contribution in [0, 0.1) is 6.92 Å². The first-order valence-corrected chi connectivity index (χ1v) is 7.26. The number of fused-ring (bicyclic) bond motifs is 1. The average Bonchev–Trinajstić information content (AvgIpc) is 2.89. The molecular weight excluding hydrogens is 264 g/mol. The molecule has 1 aliphatic heterocycles. The number of para-hydroxylation sites is 1. The third kappa shape index (κ3) is 2.69. The molecule has 0 saturated carbocycles. The molecule has 2 heterocycles. The van der Waals surface area contributed by atoms with Crippen LogP contribution >= 0.6 is 0 Å². The molecule has 0 spiro atoms. The molecule has 0 bridgehead atoms. The molecule has 0 radical (unpaired) electrons. The van der Waals surface area contributed by atoms with E-state index in [1.54, 1.807) is 6.92 Å². The molecule has 110 valence electrons. The van der Waals surface area contributed by atoms with Gasteiger partial charge in [-0.2, -0.15) is 5.10 Å². The van der Waals surface area contributed by atoms with E-state index in [1.807, 2.05) is 36.2 Å². The van der Waals surface area contributed by atoms with Crippen molar-refractivity contribution >= 4 is 11.6 Å². The average molecular weight is 284 g/mol. The highest BCUT2D eigenvalue weighted by Gasteiger charge is 2.26. The van der Waals surface area contributed by atoms with E-state index in [4.69, 9.17) is 0 Å². The summed E-state index contributed by atoms with van der Waals surface area (Å²) in [4.78, 5) is 13.6. The Labute approximate surface area is 124 Å². The van der Waals surface area contributed by atoms with E-state index >= 15 is 0 Å². The maximum absolute atomic E-state index is 11.7. The highest BCUT2D eigenvalue weighted by Crippen LogP contribution is 2.33. The molecule has 3 rings (SSSR count). The lowest BCUT2D eigenvalue weighted by Crippen LogP contribution is -2.38. The first kappa shape index (κ1) is 13.8. The van der Waals surface area contributed by atoms with Crippen LogP contribution < -0.4 is 10.2 Å². The minimum absolute atomic E-state index is 0.102. The number of aromatic nitrogens is 2. The van der Waals surface area contributed by atoms with E-state index in [0.717, 1.165) is 36.5 Å². The van der Waals surface area contributed by atoms with Gasteiger partial charge >= 0.3 is 0 Å². The first-order chi connectivity index (χ1) is 10.2. The summed E-state index contributed by atoms with van der Waals surface area (Å²) < 4.78 is 0. The summed E-state index contributed by atoms with van der Waals surface area (Å²) in [5.74, 6) is 0.102. The molecule has 2 N–H and O–H groups in total. The second kappa shape index (κ2) is 5.69. The predicted octanol–water partition coefficient (Wildman–Crippen LogP) is 2.31. The topological polar surface area (TPSA) is 61.0 Å². The van der Waals surface area contributed by atoms with Crippen molar-refractivity contribution in [2.75, 3.05) is 11.4 Å². The summed E-state index contributed by atoms with van der Waals surface area (Å²) in [6.45, 7) is 5.18. The molecular formula is C16H20N4O. The van der Waals surface area contributed by atoms with E-state index in [1.165, 1.54) is 5.56 Å². The lowest BCUT2D eigenvalue weighted by molar-refractivity contribution is -0.116. The summed E-state index contributed by atoms with van der Waals surface area (Å²) in [5, 5.41) is 10.6. The van der Waals surface area contributed by atoms with Gasteiger partial charge in [0, 0.05) is 31.7 Å². The van der Waals surface area contributed by atoms with E-state index in [-0.39, 0.29) is 11.9 Å². The van der Waals surface area contributed by atoms with Gasteiger partial charge in [-0.25, -0.2) is 0 Å². The zero-order valence-electron chi connectivity index (χ0n) is 12.4. The van der Waals surface area contributed by atoms with Crippen molar-refractivity contribution in [2.24, 2.45) is 0 Å². The van der Waals surface area contributed by atoms with Gasteiger partial charge in [-0.05, 0) is 30.5 Å². The maximum atomic E-state index is 11.7. The standard InChI is InChI=1S/C16H20N4O/c1-11-9-18-19-15(11)10-17-14-7-8-20(12(2)21)16-6-4-3-5-13(14)16/h3-6,9,14,17H,7-8,10H2,1-2H3,(H,18,19). The highest BCUT2D eigenvalue weighted by molar-refractivity contribution is 5.92. The van der Waals surface area contributed by atoms with Gasteiger partial charge in [0.1, 0.15) is 0 Å². The number of benzene rings is 1. The largest absolute Gasteiger partial charge is 0.312 e. The van der Waals surface area contributed by atoms with Crippen LogP contribution in [0.1, 0.15) is 36.2 Å². The van der Waals surface area contributed by atoms with Gasteiger partial charge in [-0.15, -0.1) is 0 Å². The maximum Gasteiger partial charge on any atom is 0.223 e. The number of carbonyl (C=O) groups excluding carboxylic acids is 1. The zero-order chi connectivity index (χ0) is 14.8. The molecule has 0 saturated heterocycles. The summed E-state index contributed by atoms with van der Waals surface area (Å²) in [6, 6.07) is 8.39. The van der Waals surface area contributed by atoms with Crippen LogP contribution in [0.5, 0.6) is 0 Å². The Morgan fingerprint density at radius 3 is 3.00 bits per heavy atom. The van der Waals surface area contributed by atoms with Crippen molar-refractivity contribution in [3.63, 3.8) is 0 Å². The number of aromatic amines is 1. The van der Waals surface area contributed by atoms with Crippen molar-refractivity contribution in [3.8, 4) is 0 Å². The second-order valence-electron chi connectivity index (χ2n) is 5.48. The monoisotopic (exact) mass is 284 g/mol. The molecule has 1 amide bonds. The van der Waals surface area contributed by atoms with Crippen LogP contribution in [0.25, 0.3) is 0 Å². The Morgan fingerprint density at radius 1 is 1.48 bits per heavy atom. The second-order valence-corrected chi connectivity index (χ2v) is 5.48. The summed E-state index contributed by atoms with van der Waals surface area (Å²) in [6.07, 6.45) is 2.76. The zero-order valence-corrected chi connectivity index (χ0v) is 12.4. The quantitative estimate of drug-likeness (QED) is 0.909. The Hall–Kier alpha value is -2.14. The van der Waals surface area contributed by atoms with Gasteiger partial charge < -0.3 is 10.2 Å². The third-order valence-electron chi connectivity index (χ3n) is 4.08. The number of nitrogens with zero attached hydrogens (tertiary/aromatic N) is 2. The minimum atomic E-state index is 0.102. The third-order valence-corrected chi connectivity index (χ3v) is 4.08. The van der Waals surface area contributed by atoms with Crippen LogP contribution in [-0.2, 0) is 11.3 Å². The minimum Gasteiger partial charge on any atom is -0.312 e. The number of carbonyl (C=O) groups is 1. The molecule has 5 heteroatoms. The Bertz CT molecular complexity index is 649. The van der Waals surface area contributed by atoms with Crippen molar-refractivity contribution in [3.05, 3.63) is 47.3 Å². The van der Waals surface area contributed by atoms with Crippen LogP contribution in [0.3, 0.4) is 0 Å². The smallest absolute Gasteiger partial charge is 0.223 e. The SMILES string of the molecule is CC(=O)N1CCC(NCc2[nH]ncc2C)c2ccccc21. The fourth-order valence-corrected chi connectivity index (χ4v) is 2.88. The molecule has 1 aromatic carbocycles. The number of hydrogen-bond acceptors (Lipinski definition) is 3. The summed E-state index contributed by atoms with van der Waals surface area (Å²) >= 11 is 0. The lowest BCUT2D eigenvalue weighted by Gasteiger charge is -2.34. The molecule has 1 atom stereocenters. The van der Waals surface area contributed by atoms with E-state index < -0.39 is 0 Å². The summed E-state index contributed by atoms with van der Waals surface area (Å²) in [5.41, 5.74) is 4.49. The van der Waals surface area contributed by atoms with Crippen molar-refractivity contribution in [2.45, 2.75) is 32.9 Å². The van der Waals surface area contributed by atoms with Gasteiger partial charge in [0.25, 0.3) is 0 Å². The number of aryl methyl sites for hydroxylation is 1. The first-order valence-electron chi connectivity index (χ1n) is 7.26. The lowest BCUT2D eigenvalue weighted by atomic mass is 9.96. The molecule has 21 heavy (non-hydrogen) atoms.